The van der Waals surface area contributed by atoms with Crippen LogP contribution in [0.15, 0.2) is 30.3 Å². The molecule has 176 valence electrons. The number of hydrogen-bond acceptors (Lipinski definition) is 6. The first-order valence-electron chi connectivity index (χ1n) is 11.8. The first kappa shape index (κ1) is 25.2. The predicted octanol–water partition coefficient (Wildman–Crippen LogP) is 6.24. The summed E-state index contributed by atoms with van der Waals surface area (Å²) in [6, 6.07) is 9.18. The summed E-state index contributed by atoms with van der Waals surface area (Å²) in [6.07, 6.45) is 7.54. The van der Waals surface area contributed by atoms with Gasteiger partial charge in [-0.3, -0.25) is 9.59 Å². The summed E-state index contributed by atoms with van der Waals surface area (Å²) in [5.74, 6) is 2.33. The van der Waals surface area contributed by atoms with Gasteiger partial charge in [-0.1, -0.05) is 30.3 Å². The Bertz CT molecular complexity index is 786. The second-order valence-electron chi connectivity index (χ2n) is 9.04. The summed E-state index contributed by atoms with van der Waals surface area (Å²) in [4.78, 5) is 21.8. The average Bonchev–Trinajstić information content (AvgIpc) is 3.47. The highest BCUT2D eigenvalue weighted by Crippen LogP contribution is 2.49. The third-order valence-corrected chi connectivity index (χ3v) is 8.55. The number of thioether (sulfide) groups is 2. The second kappa shape index (κ2) is 12.2. The third kappa shape index (κ3) is 7.05. The first-order chi connectivity index (χ1) is 15.3. The van der Waals surface area contributed by atoms with Crippen LogP contribution in [0.2, 0.25) is 0 Å². The van der Waals surface area contributed by atoms with Crippen LogP contribution in [0.25, 0.3) is 5.57 Å². The zero-order chi connectivity index (χ0) is 23.1. The van der Waals surface area contributed by atoms with Crippen LogP contribution in [0.5, 0.6) is 0 Å². The number of allylic oxidation sites excluding steroid dienone is 1. The van der Waals surface area contributed by atoms with E-state index in [4.69, 9.17) is 9.47 Å². The molecular weight excluding hydrogens is 440 g/mol. The van der Waals surface area contributed by atoms with E-state index in [1.54, 1.807) is 44.4 Å². The largest absolute Gasteiger partial charge is 0.463 e. The molecule has 0 radical (unpaired) electrons. The van der Waals surface area contributed by atoms with Crippen LogP contribution in [0, 0.1) is 0 Å². The number of fused-ring (bicyclic) bond motifs is 1. The van der Waals surface area contributed by atoms with Crippen molar-refractivity contribution in [2.45, 2.75) is 88.4 Å². The molecule has 0 bridgehead atoms. The minimum Gasteiger partial charge on any atom is -0.463 e. The summed E-state index contributed by atoms with van der Waals surface area (Å²) < 4.78 is 9.53. The van der Waals surface area contributed by atoms with Crippen LogP contribution in [0.1, 0.15) is 76.8 Å². The number of ether oxygens (including phenoxy) is 2. The monoisotopic (exact) mass is 476 g/mol. The maximum atomic E-state index is 10.9. The van der Waals surface area contributed by atoms with Gasteiger partial charge < -0.3 is 9.47 Å². The van der Waals surface area contributed by atoms with E-state index in [0.29, 0.717) is 5.92 Å². The first-order valence-corrected chi connectivity index (χ1v) is 13.9. The van der Waals surface area contributed by atoms with Crippen molar-refractivity contribution in [3.63, 3.8) is 0 Å². The predicted molar refractivity (Wildman–Crippen MR) is 135 cm³/mol. The minimum absolute atomic E-state index is 0.195. The average molecular weight is 477 g/mol. The van der Waals surface area contributed by atoms with Gasteiger partial charge in [-0.05, 0) is 81.6 Å². The Labute approximate surface area is 201 Å². The Morgan fingerprint density at radius 2 is 1.56 bits per heavy atom. The number of hydrogen-bond donors (Lipinski definition) is 0. The summed E-state index contributed by atoms with van der Waals surface area (Å²) >= 11 is 4.37. The van der Waals surface area contributed by atoms with E-state index in [9.17, 15) is 9.59 Å². The molecule has 0 spiro atoms. The molecule has 0 N–H and O–H groups in total. The highest BCUT2D eigenvalue weighted by molar-refractivity contribution is 8.00. The summed E-state index contributed by atoms with van der Waals surface area (Å²) in [5.41, 5.74) is 4.85. The van der Waals surface area contributed by atoms with E-state index in [2.05, 4.69) is 53.9 Å². The van der Waals surface area contributed by atoms with Gasteiger partial charge in [0.1, 0.15) is 6.42 Å². The van der Waals surface area contributed by atoms with Gasteiger partial charge in [0, 0.05) is 16.4 Å². The molecule has 32 heavy (non-hydrogen) atoms. The molecule has 1 aromatic carbocycles. The second-order valence-corrected chi connectivity index (χ2v) is 11.7. The lowest BCUT2D eigenvalue weighted by molar-refractivity contribution is -0.158. The standard InChI is InChI=1S/C17H20S2.C9H16O4/c1-2-6-13-12(5-1)14(16-7-3-9-18-16)11-15(13)17-8-4-10-19-17;1-6(2)12-8(10)5-9(11)13-7(3)4/h1-2,5-6,11,14,16-17H,3-4,7-10H2;6-7H,5H2,1-4H3. The van der Waals surface area contributed by atoms with E-state index < -0.39 is 11.9 Å². The van der Waals surface area contributed by atoms with Gasteiger partial charge in [-0.25, -0.2) is 0 Å². The smallest absolute Gasteiger partial charge is 0.317 e. The van der Waals surface area contributed by atoms with E-state index in [1.165, 1.54) is 37.2 Å². The number of carbonyl (C=O) groups is 2. The molecule has 4 rings (SSSR count). The van der Waals surface area contributed by atoms with Gasteiger partial charge >= 0.3 is 11.9 Å². The number of esters is 2. The molecular formula is C26H36O4S2. The normalized spacial score (nSPS) is 24.1. The van der Waals surface area contributed by atoms with Crippen LogP contribution >= 0.6 is 23.5 Å². The van der Waals surface area contributed by atoms with Gasteiger partial charge in [0.05, 0.1) is 12.2 Å². The zero-order valence-corrected chi connectivity index (χ0v) is 21.3. The van der Waals surface area contributed by atoms with Crippen LogP contribution in [0.4, 0.5) is 0 Å². The van der Waals surface area contributed by atoms with Crippen molar-refractivity contribution in [1.82, 2.24) is 0 Å². The topological polar surface area (TPSA) is 52.6 Å². The Kier molecular flexibility index (Phi) is 9.60. The van der Waals surface area contributed by atoms with Gasteiger partial charge in [-0.2, -0.15) is 23.5 Å². The van der Waals surface area contributed by atoms with Crippen LogP contribution in [0.3, 0.4) is 0 Å². The fourth-order valence-electron chi connectivity index (χ4n) is 4.45. The van der Waals surface area contributed by atoms with E-state index in [-0.39, 0.29) is 18.6 Å². The van der Waals surface area contributed by atoms with Crippen molar-refractivity contribution in [2.24, 2.45) is 0 Å². The van der Waals surface area contributed by atoms with Crippen molar-refractivity contribution in [2.75, 3.05) is 11.5 Å². The molecule has 3 atom stereocenters. The van der Waals surface area contributed by atoms with Crippen LogP contribution < -0.4 is 0 Å². The minimum atomic E-state index is -0.541. The molecule has 0 saturated carbocycles. The van der Waals surface area contributed by atoms with Crippen LogP contribution in [-0.4, -0.2) is 46.2 Å². The Hall–Kier alpha value is -1.40. The maximum absolute atomic E-state index is 10.9. The van der Waals surface area contributed by atoms with E-state index in [0.717, 1.165) is 10.5 Å². The highest BCUT2D eigenvalue weighted by Gasteiger charge is 2.34. The van der Waals surface area contributed by atoms with Gasteiger partial charge in [0.2, 0.25) is 0 Å². The molecule has 3 unspecified atom stereocenters. The van der Waals surface area contributed by atoms with Gasteiger partial charge in [0.25, 0.3) is 0 Å². The van der Waals surface area contributed by atoms with Crippen molar-refractivity contribution in [3.8, 4) is 0 Å². The van der Waals surface area contributed by atoms with Crippen molar-refractivity contribution in [3.05, 3.63) is 41.5 Å². The number of rotatable bonds is 6. The van der Waals surface area contributed by atoms with E-state index >= 15 is 0 Å². The van der Waals surface area contributed by atoms with Crippen molar-refractivity contribution < 1.29 is 19.1 Å². The molecule has 2 fully saturated rings. The van der Waals surface area contributed by atoms with E-state index in [1.807, 2.05) is 0 Å². The summed E-state index contributed by atoms with van der Waals surface area (Å²) in [5, 5.41) is 1.61. The third-order valence-electron chi connectivity index (χ3n) is 5.66. The number of benzene rings is 1. The van der Waals surface area contributed by atoms with Crippen LogP contribution in [-0.2, 0) is 19.1 Å². The van der Waals surface area contributed by atoms with Gasteiger partial charge in [-0.15, -0.1) is 0 Å². The molecule has 0 aromatic heterocycles. The summed E-state index contributed by atoms with van der Waals surface area (Å²) in [7, 11) is 0. The quantitative estimate of drug-likeness (QED) is 0.358. The fourth-order valence-corrected chi connectivity index (χ4v) is 7.19. The zero-order valence-electron chi connectivity index (χ0n) is 19.7. The molecule has 2 saturated heterocycles. The van der Waals surface area contributed by atoms with Crippen molar-refractivity contribution in [1.29, 1.82) is 0 Å². The lowest BCUT2D eigenvalue weighted by atomic mass is 9.95. The highest BCUT2D eigenvalue weighted by atomic mass is 32.2. The Balaban J connectivity index is 0.000000198. The lowest BCUT2D eigenvalue weighted by Gasteiger charge is -2.17. The molecule has 3 aliphatic rings. The molecule has 2 heterocycles. The fraction of sp³-hybridized carbons (Fsp3) is 0.615. The Morgan fingerprint density at radius 3 is 2.12 bits per heavy atom. The molecule has 1 aliphatic carbocycles. The lowest BCUT2D eigenvalue weighted by Crippen LogP contribution is -2.19. The molecule has 6 heteroatoms. The SMILES string of the molecule is C1=C(C2CCCS2)c2ccccc2C1C1CCCS1.CC(C)OC(=O)CC(=O)OC(C)C. The van der Waals surface area contributed by atoms with Crippen molar-refractivity contribution >= 4 is 41.0 Å². The summed E-state index contributed by atoms with van der Waals surface area (Å²) in [6.45, 7) is 6.91. The Morgan fingerprint density at radius 1 is 0.938 bits per heavy atom. The maximum Gasteiger partial charge on any atom is 0.317 e. The molecule has 4 nitrogen and oxygen atoms in total. The molecule has 0 amide bonds. The number of carbonyl (C=O) groups excluding carboxylic acids is 2. The molecule has 2 aliphatic heterocycles. The van der Waals surface area contributed by atoms with Gasteiger partial charge in [0.15, 0.2) is 0 Å². The molecule has 1 aromatic rings.